The van der Waals surface area contributed by atoms with E-state index in [1.807, 2.05) is 0 Å². The molecule has 1 amide bonds. The summed E-state index contributed by atoms with van der Waals surface area (Å²) in [5.74, 6) is -18.1. The van der Waals surface area contributed by atoms with Crippen LogP contribution in [0.4, 0.5) is 32.4 Å². The summed E-state index contributed by atoms with van der Waals surface area (Å²) in [5.41, 5.74) is 0.0242. The first-order valence-electron chi connectivity index (χ1n) is 10.6. The number of carboxylic acids is 1. The lowest BCUT2D eigenvalue weighted by Crippen LogP contribution is -2.23. The largest absolute Gasteiger partial charge is 0.478 e. The third kappa shape index (κ3) is 6.02. The van der Waals surface area contributed by atoms with Crippen LogP contribution in [0.2, 0.25) is 0 Å². The molecule has 0 fully saturated rings. The number of carbonyl (C=O) groups is 3. The molecule has 0 saturated carbocycles. The summed E-state index contributed by atoms with van der Waals surface area (Å²) in [6.07, 6.45) is -1.11. The fourth-order valence-electron chi connectivity index (χ4n) is 3.36. The Bertz CT molecular complexity index is 1320. The Hall–Kier alpha value is -4.48. The van der Waals surface area contributed by atoms with Crippen molar-refractivity contribution in [2.75, 3.05) is 5.32 Å². The Kier molecular flexibility index (Phi) is 8.43. The van der Waals surface area contributed by atoms with Crippen molar-refractivity contribution < 1.29 is 50.9 Å². The number of nitrogens with one attached hydrogen (secondary N) is 1. The van der Waals surface area contributed by atoms with Gasteiger partial charge in [0.2, 0.25) is 34.8 Å². The number of amides is 1. The minimum absolute atomic E-state index is 0.000504. The maximum Gasteiger partial charge on any atom is 0.411 e. The molecule has 3 rings (SSSR count). The zero-order chi connectivity index (χ0) is 27.3. The highest BCUT2D eigenvalue weighted by molar-refractivity contribution is 5.94. The van der Waals surface area contributed by atoms with Gasteiger partial charge >= 0.3 is 18.0 Å². The standard InChI is InChI=1S/C25H18F5NO6/c1-2-14(24(34)37-22-20(29)18(27)17(26)19(28)21(22)30)16-10-13(8-9-15(16)23(32)33)31-25(35)36-11-12-6-4-3-5-7-12/h3-10,14H,2,11H2,1H3,(H,31,35)(H,32,33)/t14-/m0/s1. The van der Waals surface area contributed by atoms with Gasteiger partial charge in [0, 0.05) is 5.69 Å². The second-order valence-electron chi connectivity index (χ2n) is 7.57. The normalized spacial score (nSPS) is 11.5. The average molecular weight is 523 g/mol. The van der Waals surface area contributed by atoms with Crippen molar-refractivity contribution in [1.29, 1.82) is 0 Å². The van der Waals surface area contributed by atoms with Gasteiger partial charge in [-0.1, -0.05) is 37.3 Å². The fraction of sp³-hybridized carbons (Fsp3) is 0.160. The van der Waals surface area contributed by atoms with Crippen LogP contribution in [0.25, 0.3) is 0 Å². The van der Waals surface area contributed by atoms with E-state index in [0.29, 0.717) is 5.56 Å². The first kappa shape index (κ1) is 27.1. The minimum atomic E-state index is -2.44. The molecule has 0 aromatic heterocycles. The number of hydrogen-bond acceptors (Lipinski definition) is 5. The molecule has 0 unspecified atom stereocenters. The second kappa shape index (κ2) is 11.5. The van der Waals surface area contributed by atoms with E-state index < -0.39 is 64.3 Å². The van der Waals surface area contributed by atoms with Crippen LogP contribution in [0.15, 0.2) is 48.5 Å². The van der Waals surface area contributed by atoms with Crippen LogP contribution >= 0.6 is 0 Å². The Morgan fingerprint density at radius 2 is 1.49 bits per heavy atom. The van der Waals surface area contributed by atoms with E-state index in [0.717, 1.165) is 12.1 Å². The third-order valence-electron chi connectivity index (χ3n) is 5.18. The molecule has 0 aliphatic rings. The van der Waals surface area contributed by atoms with Crippen LogP contribution < -0.4 is 10.1 Å². The van der Waals surface area contributed by atoms with E-state index >= 15 is 0 Å². The van der Waals surface area contributed by atoms with Crippen molar-refractivity contribution in [3.8, 4) is 5.75 Å². The van der Waals surface area contributed by atoms with E-state index in [9.17, 15) is 41.4 Å². The molecular formula is C25H18F5NO6. The number of hydrogen-bond donors (Lipinski definition) is 2. The first-order chi connectivity index (χ1) is 17.5. The molecule has 2 N–H and O–H groups in total. The molecule has 3 aromatic rings. The van der Waals surface area contributed by atoms with Crippen LogP contribution in [0.3, 0.4) is 0 Å². The molecule has 37 heavy (non-hydrogen) atoms. The highest BCUT2D eigenvalue weighted by Gasteiger charge is 2.32. The summed E-state index contributed by atoms with van der Waals surface area (Å²) in [4.78, 5) is 36.6. The van der Waals surface area contributed by atoms with Gasteiger partial charge in [-0.3, -0.25) is 10.1 Å². The van der Waals surface area contributed by atoms with E-state index in [1.165, 1.54) is 13.0 Å². The number of esters is 1. The summed E-state index contributed by atoms with van der Waals surface area (Å²) in [6, 6.07) is 12.0. The van der Waals surface area contributed by atoms with Crippen LogP contribution in [0, 0.1) is 29.1 Å². The van der Waals surface area contributed by atoms with Crippen molar-refractivity contribution >= 4 is 23.7 Å². The van der Waals surface area contributed by atoms with Gasteiger partial charge in [0.1, 0.15) is 6.61 Å². The minimum Gasteiger partial charge on any atom is -0.478 e. The van der Waals surface area contributed by atoms with Crippen LogP contribution in [0.5, 0.6) is 5.75 Å². The van der Waals surface area contributed by atoms with Crippen LogP contribution in [-0.4, -0.2) is 23.1 Å². The molecule has 7 nitrogen and oxygen atoms in total. The monoisotopic (exact) mass is 523 g/mol. The average Bonchev–Trinajstić information content (AvgIpc) is 2.88. The van der Waals surface area contributed by atoms with Crippen molar-refractivity contribution in [3.63, 3.8) is 0 Å². The van der Waals surface area contributed by atoms with Crippen molar-refractivity contribution in [1.82, 2.24) is 0 Å². The molecular weight excluding hydrogens is 505 g/mol. The summed E-state index contributed by atoms with van der Waals surface area (Å²) in [5, 5.41) is 11.9. The summed E-state index contributed by atoms with van der Waals surface area (Å²) in [7, 11) is 0. The van der Waals surface area contributed by atoms with E-state index in [4.69, 9.17) is 4.74 Å². The molecule has 194 valence electrons. The van der Waals surface area contributed by atoms with Gasteiger partial charge in [0.05, 0.1) is 11.5 Å². The van der Waals surface area contributed by atoms with Gasteiger partial charge in [-0.25, -0.2) is 22.8 Å². The molecule has 0 saturated heterocycles. The quantitative estimate of drug-likeness (QED) is 0.125. The van der Waals surface area contributed by atoms with Gasteiger partial charge < -0.3 is 14.6 Å². The maximum absolute atomic E-state index is 14.0. The lowest BCUT2D eigenvalue weighted by atomic mass is 9.91. The molecule has 12 heteroatoms. The van der Waals surface area contributed by atoms with Gasteiger partial charge in [-0.15, -0.1) is 0 Å². The number of benzene rings is 3. The van der Waals surface area contributed by atoms with E-state index in [2.05, 4.69) is 10.1 Å². The van der Waals surface area contributed by atoms with Crippen molar-refractivity contribution in [2.45, 2.75) is 25.9 Å². The summed E-state index contributed by atoms with van der Waals surface area (Å²) >= 11 is 0. The Balaban J connectivity index is 1.87. The number of anilines is 1. The maximum atomic E-state index is 14.0. The van der Waals surface area contributed by atoms with Gasteiger partial charge in [-0.05, 0) is 35.7 Å². The Labute approximate surface area is 206 Å². The highest BCUT2D eigenvalue weighted by atomic mass is 19.2. The zero-order valence-electron chi connectivity index (χ0n) is 19.0. The van der Waals surface area contributed by atoms with Crippen LogP contribution in [0.1, 0.15) is 40.7 Å². The second-order valence-corrected chi connectivity index (χ2v) is 7.57. The summed E-state index contributed by atoms with van der Waals surface area (Å²) in [6.45, 7) is 1.32. The lowest BCUT2D eigenvalue weighted by molar-refractivity contribution is -0.136. The zero-order valence-corrected chi connectivity index (χ0v) is 19.0. The van der Waals surface area contributed by atoms with E-state index in [-0.39, 0.29) is 24.3 Å². The number of aromatic carboxylic acids is 1. The highest BCUT2D eigenvalue weighted by Crippen LogP contribution is 2.33. The fourth-order valence-corrected chi connectivity index (χ4v) is 3.36. The smallest absolute Gasteiger partial charge is 0.411 e. The predicted molar refractivity (Wildman–Crippen MR) is 119 cm³/mol. The Morgan fingerprint density at radius 1 is 0.892 bits per heavy atom. The molecule has 0 radical (unpaired) electrons. The van der Waals surface area contributed by atoms with Crippen LogP contribution in [-0.2, 0) is 16.1 Å². The Morgan fingerprint density at radius 3 is 2.05 bits per heavy atom. The SMILES string of the molecule is CC[C@H](C(=O)Oc1c(F)c(F)c(F)c(F)c1F)c1cc(NC(=O)OCc2ccccc2)ccc1C(=O)O. The number of ether oxygens (including phenoxy) is 2. The van der Waals surface area contributed by atoms with Crippen molar-refractivity contribution in [2.24, 2.45) is 0 Å². The predicted octanol–water partition coefficient (Wildman–Crippen LogP) is 5.93. The first-order valence-corrected chi connectivity index (χ1v) is 10.6. The third-order valence-corrected chi connectivity index (χ3v) is 5.18. The molecule has 0 heterocycles. The topological polar surface area (TPSA) is 102 Å². The molecule has 0 aliphatic carbocycles. The lowest BCUT2D eigenvalue weighted by Gasteiger charge is -2.18. The van der Waals surface area contributed by atoms with E-state index in [1.54, 1.807) is 30.3 Å². The van der Waals surface area contributed by atoms with Crippen molar-refractivity contribution in [3.05, 3.63) is 94.3 Å². The number of carboxylic acid groups (broad SMARTS) is 1. The number of carbonyl (C=O) groups excluding carboxylic acids is 2. The molecule has 0 bridgehead atoms. The number of halogens is 5. The molecule has 0 spiro atoms. The van der Waals surface area contributed by atoms with Gasteiger partial charge in [-0.2, -0.15) is 8.78 Å². The van der Waals surface area contributed by atoms with Gasteiger partial charge in [0.15, 0.2) is 0 Å². The number of rotatable bonds is 8. The summed E-state index contributed by atoms with van der Waals surface area (Å²) < 4.78 is 77.8. The molecule has 3 aromatic carbocycles. The molecule has 0 aliphatic heterocycles. The van der Waals surface area contributed by atoms with Gasteiger partial charge in [0.25, 0.3) is 0 Å². The molecule has 1 atom stereocenters.